The SMILES string of the molecule is O=C(NCSC/N=C\S(=O)CSCOC(=O)NCSC/N=C/OOCCO)OCCO. The summed E-state index contributed by atoms with van der Waals surface area (Å²) in [7, 11) is -1.32. The molecule has 0 spiro atoms. The quantitative estimate of drug-likeness (QED) is 0.0450. The first-order chi connectivity index (χ1) is 15.1. The van der Waals surface area contributed by atoms with Gasteiger partial charge in [0.2, 0.25) is 6.40 Å². The molecule has 0 heterocycles. The number of ether oxygens (including phenoxy) is 2. The lowest BCUT2D eigenvalue weighted by atomic mass is 10.8. The van der Waals surface area contributed by atoms with Gasteiger partial charge in [0.1, 0.15) is 19.2 Å². The third-order valence-electron chi connectivity index (χ3n) is 2.32. The van der Waals surface area contributed by atoms with Crippen LogP contribution in [-0.2, 0) is 30.0 Å². The predicted molar refractivity (Wildman–Crippen MR) is 122 cm³/mol. The van der Waals surface area contributed by atoms with Crippen molar-refractivity contribution in [3.63, 3.8) is 0 Å². The van der Waals surface area contributed by atoms with E-state index < -0.39 is 23.0 Å². The van der Waals surface area contributed by atoms with Gasteiger partial charge in [-0.25, -0.2) is 14.6 Å². The first-order valence-electron chi connectivity index (χ1n) is 8.50. The minimum absolute atomic E-state index is 0.0406. The van der Waals surface area contributed by atoms with Gasteiger partial charge in [-0.2, -0.15) is 4.89 Å². The third kappa shape index (κ3) is 23.3. The topological polar surface area (TPSA) is 177 Å². The van der Waals surface area contributed by atoms with Crippen LogP contribution in [0.25, 0.3) is 0 Å². The minimum atomic E-state index is -1.32. The molecule has 0 aromatic rings. The highest BCUT2D eigenvalue weighted by Gasteiger charge is 2.03. The summed E-state index contributed by atoms with van der Waals surface area (Å²) in [5.41, 5.74) is 1.29. The van der Waals surface area contributed by atoms with Crippen LogP contribution >= 0.6 is 35.3 Å². The summed E-state index contributed by atoms with van der Waals surface area (Å²) in [6.07, 6.45) is -0.142. The van der Waals surface area contributed by atoms with Crippen LogP contribution in [0.4, 0.5) is 9.59 Å². The molecule has 0 fully saturated rings. The summed E-state index contributed by atoms with van der Waals surface area (Å²) >= 11 is 3.75. The molecule has 0 radical (unpaired) electrons. The number of hydrogen-bond donors (Lipinski definition) is 4. The van der Waals surface area contributed by atoms with Crippen molar-refractivity contribution in [3.05, 3.63) is 0 Å². The average Bonchev–Trinajstić information content (AvgIpc) is 2.76. The van der Waals surface area contributed by atoms with E-state index in [4.69, 9.17) is 14.9 Å². The molecule has 1 atom stereocenters. The van der Waals surface area contributed by atoms with E-state index in [-0.39, 0.29) is 49.2 Å². The lowest BCUT2D eigenvalue weighted by molar-refractivity contribution is -0.221. The second kappa shape index (κ2) is 23.4. The molecule has 0 aliphatic carbocycles. The summed E-state index contributed by atoms with van der Waals surface area (Å²) < 4.78 is 21.2. The minimum Gasteiger partial charge on any atom is -0.447 e. The number of nitrogens with zero attached hydrogens (tertiary/aromatic N) is 2. The highest BCUT2D eigenvalue weighted by Crippen LogP contribution is 2.04. The Morgan fingerprint density at radius 3 is 2.26 bits per heavy atom. The van der Waals surface area contributed by atoms with E-state index >= 15 is 0 Å². The molecule has 180 valence electrons. The number of aliphatic hydroxyl groups is 2. The lowest BCUT2D eigenvalue weighted by Gasteiger charge is -2.05. The van der Waals surface area contributed by atoms with Crippen molar-refractivity contribution >= 4 is 70.2 Å². The van der Waals surface area contributed by atoms with Gasteiger partial charge in [0, 0.05) is 0 Å². The molecule has 0 aliphatic rings. The number of amides is 2. The van der Waals surface area contributed by atoms with Crippen molar-refractivity contribution in [1.29, 1.82) is 0 Å². The molecule has 0 bridgehead atoms. The van der Waals surface area contributed by atoms with Crippen LogP contribution in [0.2, 0.25) is 0 Å². The maximum atomic E-state index is 11.7. The van der Waals surface area contributed by atoms with Crippen LogP contribution < -0.4 is 10.6 Å². The van der Waals surface area contributed by atoms with Gasteiger partial charge in [-0.05, 0) is 0 Å². The van der Waals surface area contributed by atoms with E-state index in [2.05, 4.69) is 35.1 Å². The van der Waals surface area contributed by atoms with Gasteiger partial charge in [-0.3, -0.25) is 9.20 Å². The fraction of sp³-hybridized carbons (Fsp3) is 0.714. The van der Waals surface area contributed by atoms with E-state index in [0.717, 1.165) is 6.40 Å². The smallest absolute Gasteiger partial charge is 0.408 e. The molecule has 0 aromatic heterocycles. The maximum absolute atomic E-state index is 11.7. The first kappa shape index (κ1) is 29.8. The largest absolute Gasteiger partial charge is 0.447 e. The Hall–Kier alpha value is -1.24. The first-order valence-corrected chi connectivity index (χ1v) is 13.3. The molecule has 0 aromatic carbocycles. The number of aliphatic imine (C=N–C) groups is 2. The summed E-state index contributed by atoms with van der Waals surface area (Å²) in [5, 5.41) is 22.1. The van der Waals surface area contributed by atoms with Crippen LogP contribution in [0, 0.1) is 0 Å². The van der Waals surface area contributed by atoms with Crippen LogP contribution in [0.3, 0.4) is 0 Å². The van der Waals surface area contributed by atoms with Crippen LogP contribution in [0.15, 0.2) is 9.98 Å². The van der Waals surface area contributed by atoms with Crippen molar-refractivity contribution in [3.8, 4) is 0 Å². The molecular formula is C14H26N4O9S4. The molecule has 2 amide bonds. The molecule has 1 unspecified atom stereocenters. The standard InChI is InChI=1S/C14H26N4O9S4/c19-1-3-24-13(21)17-8-29-7-16-10-31(23)12-30-11-25-14(22)18-9-28-6-15-5-27-26-4-2-20/h5,10,19-20H,1-4,6-9,11-12H2,(H,17,21)(H,18,22)/b15-5+,16-10-. The zero-order valence-electron chi connectivity index (χ0n) is 16.5. The zero-order chi connectivity index (χ0) is 23.0. The molecule has 0 saturated heterocycles. The average molecular weight is 523 g/mol. The van der Waals surface area contributed by atoms with Gasteiger partial charge in [0.15, 0.2) is 0 Å². The molecule has 0 aliphatic heterocycles. The van der Waals surface area contributed by atoms with Crippen molar-refractivity contribution < 1.29 is 43.3 Å². The number of carbonyl (C=O) groups excluding carboxylic acids is 2. The van der Waals surface area contributed by atoms with Gasteiger partial charge in [-0.1, -0.05) is 0 Å². The Morgan fingerprint density at radius 1 is 0.935 bits per heavy atom. The van der Waals surface area contributed by atoms with Crippen LogP contribution in [-0.4, -0.2) is 99.5 Å². The summed E-state index contributed by atoms with van der Waals surface area (Å²) in [5.74, 6) is 1.22. The van der Waals surface area contributed by atoms with Crippen LogP contribution in [0.5, 0.6) is 0 Å². The Kier molecular flexibility index (Phi) is 22.5. The molecule has 17 heteroatoms. The van der Waals surface area contributed by atoms with E-state index in [0.29, 0.717) is 11.8 Å². The molecule has 0 saturated carbocycles. The Balaban J connectivity index is 3.51. The number of aliphatic hydroxyl groups excluding tert-OH is 2. The number of thioether (sulfide) groups is 3. The number of carbonyl (C=O) groups is 2. The molecule has 13 nitrogen and oxygen atoms in total. The predicted octanol–water partition coefficient (Wildman–Crippen LogP) is 0.122. The molecule has 0 rings (SSSR count). The third-order valence-corrected chi connectivity index (χ3v) is 5.94. The van der Waals surface area contributed by atoms with Crippen molar-refractivity contribution in [2.45, 2.75) is 0 Å². The van der Waals surface area contributed by atoms with Gasteiger partial charge < -0.3 is 35.2 Å². The van der Waals surface area contributed by atoms with Crippen molar-refractivity contribution in [1.82, 2.24) is 10.6 Å². The maximum Gasteiger partial charge on any atom is 0.408 e. The highest BCUT2D eigenvalue weighted by atomic mass is 32.2. The number of alkyl carbamates (subject to hydrolysis) is 2. The van der Waals surface area contributed by atoms with Gasteiger partial charge in [0.25, 0.3) is 0 Å². The second-order valence-electron chi connectivity index (χ2n) is 4.64. The van der Waals surface area contributed by atoms with Crippen molar-refractivity contribution in [2.24, 2.45) is 9.98 Å². The van der Waals surface area contributed by atoms with Crippen molar-refractivity contribution in [2.75, 3.05) is 61.0 Å². The number of hydrogen-bond acceptors (Lipinski definition) is 14. The van der Waals surface area contributed by atoms with E-state index in [1.54, 1.807) is 0 Å². The van der Waals surface area contributed by atoms with Gasteiger partial charge in [-0.15, -0.1) is 35.3 Å². The van der Waals surface area contributed by atoms with E-state index in [9.17, 15) is 13.8 Å². The summed E-state index contributed by atoms with van der Waals surface area (Å²) in [4.78, 5) is 39.3. The van der Waals surface area contributed by atoms with Gasteiger partial charge >= 0.3 is 12.2 Å². The molecule has 4 N–H and O–H groups in total. The van der Waals surface area contributed by atoms with E-state index in [1.807, 2.05) is 0 Å². The summed E-state index contributed by atoms with van der Waals surface area (Å²) in [6, 6.07) is 0. The fourth-order valence-corrected chi connectivity index (χ4v) is 3.86. The molecule has 31 heavy (non-hydrogen) atoms. The number of rotatable bonds is 19. The summed E-state index contributed by atoms with van der Waals surface area (Å²) in [6.45, 7) is -0.403. The normalized spacial score (nSPS) is 12.1. The Bertz CT molecular complexity index is 558. The van der Waals surface area contributed by atoms with Gasteiger partial charge in [0.05, 0.1) is 58.2 Å². The Labute approximate surface area is 194 Å². The van der Waals surface area contributed by atoms with Crippen LogP contribution in [0.1, 0.15) is 0 Å². The molecular weight excluding hydrogens is 496 g/mol. The number of nitrogens with one attached hydrogen (secondary N) is 2. The lowest BCUT2D eigenvalue weighted by Crippen LogP contribution is -2.25. The zero-order valence-corrected chi connectivity index (χ0v) is 19.8. The van der Waals surface area contributed by atoms with E-state index in [1.165, 1.54) is 40.8 Å². The highest BCUT2D eigenvalue weighted by molar-refractivity contribution is 8.15. The Morgan fingerprint density at radius 2 is 1.58 bits per heavy atom. The fourth-order valence-electron chi connectivity index (χ4n) is 1.19. The monoisotopic (exact) mass is 522 g/mol. The second-order valence-corrected chi connectivity index (χ2v) is 9.11.